The molecule has 0 saturated carbocycles. The van der Waals surface area contributed by atoms with Gasteiger partial charge in [0, 0.05) is 11.4 Å². The Hall–Kier alpha value is -2.34. The predicted molar refractivity (Wildman–Crippen MR) is 103 cm³/mol. The molecule has 4 nitrogen and oxygen atoms in total. The van der Waals surface area contributed by atoms with E-state index in [4.69, 9.17) is 0 Å². The number of carbonyl (C=O) groups excluding carboxylic acids is 2. The molecule has 136 valence electrons. The van der Waals surface area contributed by atoms with Crippen LogP contribution in [0.2, 0.25) is 0 Å². The molecule has 2 aromatic carbocycles. The SMILES string of the molecule is CCc1ccccc1NC(=O)C1CSC(Cc2ccc(F)cc2)C(=O)N1. The number of aryl methyl sites for hydroxylation is 1. The van der Waals surface area contributed by atoms with Crippen LogP contribution in [0.1, 0.15) is 18.1 Å². The van der Waals surface area contributed by atoms with Gasteiger partial charge in [0.1, 0.15) is 11.9 Å². The van der Waals surface area contributed by atoms with E-state index in [1.54, 1.807) is 12.1 Å². The minimum absolute atomic E-state index is 0.158. The molecule has 1 aliphatic heterocycles. The van der Waals surface area contributed by atoms with Crippen molar-refractivity contribution in [1.82, 2.24) is 5.32 Å². The minimum Gasteiger partial charge on any atom is -0.343 e. The fourth-order valence-corrected chi connectivity index (χ4v) is 4.08. The second-order valence-corrected chi connectivity index (χ2v) is 7.45. The van der Waals surface area contributed by atoms with Crippen LogP contribution in [0.3, 0.4) is 0 Å². The Morgan fingerprint density at radius 1 is 1.23 bits per heavy atom. The molecule has 3 rings (SSSR count). The molecule has 0 bridgehead atoms. The van der Waals surface area contributed by atoms with Gasteiger partial charge in [-0.2, -0.15) is 0 Å². The average molecular weight is 372 g/mol. The molecule has 0 radical (unpaired) electrons. The van der Waals surface area contributed by atoms with Crippen LogP contribution in [0.25, 0.3) is 0 Å². The maximum Gasteiger partial charge on any atom is 0.247 e. The smallest absolute Gasteiger partial charge is 0.247 e. The molecule has 1 saturated heterocycles. The highest BCUT2D eigenvalue weighted by atomic mass is 32.2. The standard InChI is InChI=1S/C20H21FN2O2S/c1-2-14-5-3-4-6-16(14)22-19(24)17-12-26-18(20(25)23-17)11-13-7-9-15(21)10-8-13/h3-10,17-18H,2,11-12H2,1H3,(H,22,24)(H,23,25). The van der Waals surface area contributed by atoms with Gasteiger partial charge < -0.3 is 10.6 Å². The summed E-state index contributed by atoms with van der Waals surface area (Å²) in [6, 6.07) is 13.3. The molecule has 1 aliphatic rings. The minimum atomic E-state index is -0.554. The second kappa shape index (κ2) is 8.36. The highest BCUT2D eigenvalue weighted by Crippen LogP contribution is 2.23. The zero-order chi connectivity index (χ0) is 18.5. The van der Waals surface area contributed by atoms with Crippen LogP contribution in [-0.2, 0) is 22.4 Å². The Morgan fingerprint density at radius 3 is 2.65 bits per heavy atom. The van der Waals surface area contributed by atoms with Crippen molar-refractivity contribution in [2.75, 3.05) is 11.1 Å². The van der Waals surface area contributed by atoms with Gasteiger partial charge in [-0.3, -0.25) is 9.59 Å². The number of rotatable bonds is 5. The lowest BCUT2D eigenvalue weighted by Gasteiger charge is -2.28. The number of nitrogens with one attached hydrogen (secondary N) is 2. The number of thioether (sulfide) groups is 1. The molecule has 2 amide bonds. The number of amides is 2. The summed E-state index contributed by atoms with van der Waals surface area (Å²) < 4.78 is 13.0. The van der Waals surface area contributed by atoms with Crippen LogP contribution < -0.4 is 10.6 Å². The first-order valence-electron chi connectivity index (χ1n) is 8.62. The van der Waals surface area contributed by atoms with Gasteiger partial charge in [-0.25, -0.2) is 4.39 Å². The number of anilines is 1. The zero-order valence-electron chi connectivity index (χ0n) is 14.5. The quantitative estimate of drug-likeness (QED) is 0.848. The molecule has 1 heterocycles. The van der Waals surface area contributed by atoms with Crippen molar-refractivity contribution in [2.24, 2.45) is 0 Å². The summed E-state index contributed by atoms with van der Waals surface area (Å²) in [5, 5.41) is 5.45. The van der Waals surface area contributed by atoms with Gasteiger partial charge >= 0.3 is 0 Å². The average Bonchev–Trinajstić information content (AvgIpc) is 2.65. The predicted octanol–water partition coefficient (Wildman–Crippen LogP) is 3.17. The molecule has 26 heavy (non-hydrogen) atoms. The van der Waals surface area contributed by atoms with E-state index in [9.17, 15) is 14.0 Å². The Labute approximate surface area is 156 Å². The van der Waals surface area contributed by atoms with Gasteiger partial charge in [0.15, 0.2) is 0 Å². The summed E-state index contributed by atoms with van der Waals surface area (Å²) in [7, 11) is 0. The van der Waals surface area contributed by atoms with Gasteiger partial charge in [-0.1, -0.05) is 37.3 Å². The van der Waals surface area contributed by atoms with E-state index >= 15 is 0 Å². The van der Waals surface area contributed by atoms with Crippen LogP contribution in [0.5, 0.6) is 0 Å². The summed E-state index contributed by atoms with van der Waals surface area (Å²) >= 11 is 1.46. The first-order valence-corrected chi connectivity index (χ1v) is 9.67. The summed E-state index contributed by atoms with van der Waals surface area (Å²) in [5.74, 6) is -0.141. The fourth-order valence-electron chi connectivity index (χ4n) is 2.89. The molecule has 0 spiro atoms. The Kier molecular flexibility index (Phi) is 5.93. The summed E-state index contributed by atoms with van der Waals surface area (Å²) in [6.45, 7) is 2.03. The summed E-state index contributed by atoms with van der Waals surface area (Å²) in [5.41, 5.74) is 2.75. The molecular weight excluding hydrogens is 351 g/mol. The van der Waals surface area contributed by atoms with Gasteiger partial charge in [0.05, 0.1) is 5.25 Å². The van der Waals surface area contributed by atoms with E-state index < -0.39 is 6.04 Å². The Morgan fingerprint density at radius 2 is 1.96 bits per heavy atom. The van der Waals surface area contributed by atoms with E-state index in [-0.39, 0.29) is 22.9 Å². The van der Waals surface area contributed by atoms with Crippen LogP contribution in [0.15, 0.2) is 48.5 Å². The largest absolute Gasteiger partial charge is 0.343 e. The van der Waals surface area contributed by atoms with E-state index in [1.165, 1.54) is 23.9 Å². The molecule has 0 aromatic heterocycles. The molecule has 2 unspecified atom stereocenters. The van der Waals surface area contributed by atoms with Gasteiger partial charge in [0.2, 0.25) is 11.8 Å². The second-order valence-electron chi connectivity index (χ2n) is 6.21. The number of hydrogen-bond donors (Lipinski definition) is 2. The first-order chi connectivity index (χ1) is 12.6. The van der Waals surface area contributed by atoms with Crippen molar-refractivity contribution in [3.05, 3.63) is 65.5 Å². The summed E-state index contributed by atoms with van der Waals surface area (Å²) in [4.78, 5) is 24.9. The first kappa shape index (κ1) is 18.5. The number of benzene rings is 2. The Balaban J connectivity index is 1.58. The van der Waals surface area contributed by atoms with E-state index in [0.29, 0.717) is 12.2 Å². The van der Waals surface area contributed by atoms with Crippen LogP contribution in [0, 0.1) is 5.82 Å². The highest BCUT2D eigenvalue weighted by Gasteiger charge is 2.32. The molecule has 2 aromatic rings. The van der Waals surface area contributed by atoms with Crippen molar-refractivity contribution in [3.8, 4) is 0 Å². The fraction of sp³-hybridized carbons (Fsp3) is 0.300. The van der Waals surface area contributed by atoms with E-state index in [2.05, 4.69) is 10.6 Å². The van der Waals surface area contributed by atoms with Crippen molar-refractivity contribution in [2.45, 2.75) is 31.1 Å². The number of halogens is 1. The lowest BCUT2D eigenvalue weighted by atomic mass is 10.1. The summed E-state index contributed by atoms with van der Waals surface area (Å²) in [6.07, 6.45) is 1.34. The molecule has 1 fully saturated rings. The number of para-hydroxylation sites is 1. The third-order valence-electron chi connectivity index (χ3n) is 4.38. The third kappa shape index (κ3) is 4.43. The molecule has 6 heteroatoms. The van der Waals surface area contributed by atoms with Crippen molar-refractivity contribution in [3.63, 3.8) is 0 Å². The van der Waals surface area contributed by atoms with E-state index in [0.717, 1.165) is 23.2 Å². The van der Waals surface area contributed by atoms with Crippen molar-refractivity contribution in [1.29, 1.82) is 0 Å². The van der Waals surface area contributed by atoms with Gasteiger partial charge in [-0.15, -0.1) is 11.8 Å². The maximum atomic E-state index is 13.0. The van der Waals surface area contributed by atoms with Gasteiger partial charge in [0.25, 0.3) is 0 Å². The van der Waals surface area contributed by atoms with Crippen molar-refractivity contribution >= 4 is 29.3 Å². The lowest BCUT2D eigenvalue weighted by molar-refractivity contribution is -0.126. The zero-order valence-corrected chi connectivity index (χ0v) is 15.3. The normalized spacial score (nSPS) is 19.7. The molecule has 2 atom stereocenters. The van der Waals surface area contributed by atoms with Crippen LogP contribution >= 0.6 is 11.8 Å². The lowest BCUT2D eigenvalue weighted by Crippen LogP contribution is -2.52. The van der Waals surface area contributed by atoms with Crippen LogP contribution in [0.4, 0.5) is 10.1 Å². The third-order valence-corrected chi connectivity index (χ3v) is 5.69. The highest BCUT2D eigenvalue weighted by molar-refractivity contribution is 8.00. The van der Waals surface area contributed by atoms with Crippen molar-refractivity contribution < 1.29 is 14.0 Å². The van der Waals surface area contributed by atoms with Crippen LogP contribution in [-0.4, -0.2) is 28.9 Å². The number of hydrogen-bond acceptors (Lipinski definition) is 3. The molecule has 2 N–H and O–H groups in total. The Bertz CT molecular complexity index is 795. The molecule has 0 aliphatic carbocycles. The molecular formula is C20H21FN2O2S. The monoisotopic (exact) mass is 372 g/mol. The number of carbonyl (C=O) groups is 2. The maximum absolute atomic E-state index is 13.0. The van der Waals surface area contributed by atoms with E-state index in [1.807, 2.05) is 31.2 Å². The van der Waals surface area contributed by atoms with Gasteiger partial charge in [-0.05, 0) is 42.2 Å². The topological polar surface area (TPSA) is 58.2 Å².